The number of hydrogen-bond donors (Lipinski definition) is 0. The summed E-state index contributed by atoms with van der Waals surface area (Å²) in [4.78, 5) is 9.60. The summed E-state index contributed by atoms with van der Waals surface area (Å²) in [6, 6.07) is 52.2. The molecule has 0 aliphatic rings. The van der Waals surface area contributed by atoms with Crippen LogP contribution >= 0.6 is 0 Å². The Labute approximate surface area is 320 Å². The van der Waals surface area contributed by atoms with Crippen molar-refractivity contribution in [1.29, 1.82) is 0 Å². The summed E-state index contributed by atoms with van der Waals surface area (Å²) in [6.07, 6.45) is 2.00. The van der Waals surface area contributed by atoms with Crippen molar-refractivity contribution in [2.24, 2.45) is 0 Å². The summed E-state index contributed by atoms with van der Waals surface area (Å²) in [5.74, 6) is 0.246. The zero-order chi connectivity index (χ0) is 36.0. The molecule has 0 aliphatic heterocycles. The molecule has 9 aromatic rings. The van der Waals surface area contributed by atoms with Crippen LogP contribution in [0.2, 0.25) is 19.6 Å². The van der Waals surface area contributed by atoms with Crippen LogP contribution in [-0.4, -0.2) is 22.6 Å². The third kappa shape index (κ3) is 6.78. The van der Waals surface area contributed by atoms with Crippen LogP contribution in [0.5, 0.6) is 0 Å². The summed E-state index contributed by atoms with van der Waals surface area (Å²) in [5, 5.41) is 5.95. The summed E-state index contributed by atoms with van der Waals surface area (Å²) in [7, 11) is -1.29. The van der Waals surface area contributed by atoms with Crippen molar-refractivity contribution in [3.8, 4) is 28.3 Å². The van der Waals surface area contributed by atoms with E-state index in [4.69, 9.17) is 10.8 Å². The number of aromatic nitrogens is 3. The van der Waals surface area contributed by atoms with Crippen LogP contribution in [0.25, 0.3) is 72.1 Å². The SMILES string of the molecule is [2H]C(C)(C)c1c[c-]c(-c2ccc([Si](C)(C)C)cn2)cc1.[Ir].[c-]1ccc2c(oc3ccccc32)c1-c1nc2ccccc2n1-c1ccc2ccccc2c1. The topological polar surface area (TPSA) is 43.9 Å². The maximum Gasteiger partial charge on any atom is 0.120 e. The molecule has 0 spiro atoms. The fourth-order valence-electron chi connectivity index (χ4n) is 6.52. The van der Waals surface area contributed by atoms with Crippen molar-refractivity contribution in [2.75, 3.05) is 0 Å². The maximum absolute atomic E-state index is 8.01. The average molecular weight is 871 g/mol. The summed E-state index contributed by atoms with van der Waals surface area (Å²) >= 11 is 0. The van der Waals surface area contributed by atoms with Crippen LogP contribution in [0.1, 0.15) is 26.7 Å². The molecule has 3 heterocycles. The fraction of sp³-hybridized carbons (Fsp3) is 0.130. The Bertz CT molecular complexity index is 2650. The van der Waals surface area contributed by atoms with E-state index in [9.17, 15) is 0 Å². The predicted molar refractivity (Wildman–Crippen MR) is 216 cm³/mol. The van der Waals surface area contributed by atoms with Crippen LogP contribution in [-0.2, 0) is 20.1 Å². The second kappa shape index (κ2) is 14.5. The summed E-state index contributed by atoms with van der Waals surface area (Å²) in [5.41, 5.74) is 8.51. The molecule has 0 unspecified atom stereocenters. The molecule has 0 N–H and O–H groups in total. The Kier molecular flexibility index (Phi) is 9.46. The Morgan fingerprint density at radius 2 is 1.54 bits per heavy atom. The van der Waals surface area contributed by atoms with E-state index < -0.39 is 14.0 Å². The van der Waals surface area contributed by atoms with Gasteiger partial charge in [-0.3, -0.25) is 4.98 Å². The molecule has 1 radical (unpaired) electrons. The normalized spacial score (nSPS) is 12.1. The van der Waals surface area contributed by atoms with Crippen LogP contribution in [0.3, 0.4) is 0 Å². The first-order valence-corrected chi connectivity index (χ1v) is 20.8. The monoisotopic (exact) mass is 871 g/mol. The van der Waals surface area contributed by atoms with Gasteiger partial charge < -0.3 is 14.0 Å². The minimum Gasteiger partial charge on any atom is -0.501 e. The number of imidazole rings is 1. The van der Waals surface area contributed by atoms with Gasteiger partial charge in [0.2, 0.25) is 0 Å². The van der Waals surface area contributed by atoms with Crippen molar-refractivity contribution < 1.29 is 25.9 Å². The third-order valence-corrected chi connectivity index (χ3v) is 11.4. The summed E-state index contributed by atoms with van der Waals surface area (Å²) in [6.45, 7) is 10.7. The Hall–Kier alpha value is -5.13. The van der Waals surface area contributed by atoms with Crippen molar-refractivity contribution in [2.45, 2.75) is 39.4 Å². The second-order valence-electron chi connectivity index (χ2n) is 14.2. The van der Waals surface area contributed by atoms with Crippen LogP contribution in [0.4, 0.5) is 0 Å². The zero-order valence-electron chi connectivity index (χ0n) is 30.9. The molecule has 0 bridgehead atoms. The molecule has 0 aliphatic carbocycles. The number of para-hydroxylation sites is 3. The summed E-state index contributed by atoms with van der Waals surface area (Å²) < 4.78 is 16.5. The molecule has 4 nitrogen and oxygen atoms in total. The van der Waals surface area contributed by atoms with E-state index in [0.717, 1.165) is 66.9 Å². The van der Waals surface area contributed by atoms with Gasteiger partial charge in [0.1, 0.15) is 5.58 Å². The van der Waals surface area contributed by atoms with E-state index in [1.165, 1.54) is 16.0 Å². The molecule has 0 amide bonds. The van der Waals surface area contributed by atoms with Gasteiger partial charge in [-0.2, -0.15) is 0 Å². The molecule has 0 atom stereocenters. The molecule has 0 fully saturated rings. The van der Waals surface area contributed by atoms with Crippen LogP contribution in [0, 0.1) is 12.1 Å². The van der Waals surface area contributed by atoms with Gasteiger partial charge in [0.15, 0.2) is 0 Å². The molecule has 0 saturated carbocycles. The average Bonchev–Trinajstić information content (AvgIpc) is 3.73. The van der Waals surface area contributed by atoms with Gasteiger partial charge in [-0.25, -0.2) is 0 Å². The van der Waals surface area contributed by atoms with Crippen molar-refractivity contribution in [1.82, 2.24) is 14.5 Å². The number of furan rings is 1. The first-order valence-electron chi connectivity index (χ1n) is 17.8. The zero-order valence-corrected chi connectivity index (χ0v) is 33.3. The minimum atomic E-state index is -1.29. The smallest absolute Gasteiger partial charge is 0.120 e. The number of pyridine rings is 1. The van der Waals surface area contributed by atoms with Crippen molar-refractivity contribution in [3.63, 3.8) is 0 Å². The third-order valence-electron chi connectivity index (χ3n) is 9.41. The van der Waals surface area contributed by atoms with E-state index in [0.29, 0.717) is 0 Å². The van der Waals surface area contributed by atoms with Crippen LogP contribution < -0.4 is 5.19 Å². The maximum atomic E-state index is 8.01. The van der Waals surface area contributed by atoms with Gasteiger partial charge in [0.05, 0.1) is 30.5 Å². The van der Waals surface area contributed by atoms with Gasteiger partial charge >= 0.3 is 0 Å². The van der Waals surface area contributed by atoms with Crippen molar-refractivity contribution in [3.05, 3.63) is 157 Å². The number of benzene rings is 6. The van der Waals surface area contributed by atoms with E-state index in [1.54, 1.807) is 0 Å². The molecule has 3 aromatic heterocycles. The van der Waals surface area contributed by atoms with Gasteiger partial charge in [-0.05, 0) is 52.0 Å². The molecular weight excluding hydrogens is 831 g/mol. The first-order chi connectivity index (χ1) is 25.0. The van der Waals surface area contributed by atoms with E-state index in [2.05, 4.69) is 126 Å². The minimum absolute atomic E-state index is 0. The molecule has 52 heavy (non-hydrogen) atoms. The number of nitrogens with zero attached hydrogens (tertiary/aromatic N) is 3. The molecule has 0 saturated heterocycles. The molecule has 6 aromatic carbocycles. The first kappa shape index (κ1) is 34.0. The largest absolute Gasteiger partial charge is 0.501 e. The van der Waals surface area contributed by atoms with Gasteiger partial charge in [0, 0.05) is 38.7 Å². The van der Waals surface area contributed by atoms with Crippen molar-refractivity contribution >= 4 is 57.0 Å². The van der Waals surface area contributed by atoms with Gasteiger partial charge in [-0.1, -0.05) is 123 Å². The quantitative estimate of drug-likeness (QED) is 0.128. The van der Waals surface area contributed by atoms with E-state index >= 15 is 0 Å². The van der Waals surface area contributed by atoms with Gasteiger partial charge in [-0.15, -0.1) is 53.6 Å². The Balaban J connectivity index is 0.000000180. The Morgan fingerprint density at radius 3 is 2.29 bits per heavy atom. The number of fused-ring (bicyclic) bond motifs is 5. The van der Waals surface area contributed by atoms with Gasteiger partial charge in [0.25, 0.3) is 0 Å². The standard InChI is InChI=1S/C29H17N2O.C17H22NSi.Ir/c1-2-9-20-18-21(17-16-19(20)8-1)31-26-14-5-4-13-25(26)30-29(31)24-12-7-11-23-22-10-3-6-15-27(22)32-28(23)24;1-13(2)14-6-8-15(9-7-14)17-11-10-16(12-18-17)19(3,4)5;/h1-11,13-18H;6-8,10-13H,1-5H3;/q2*-1;/i;13D;. The van der Waals surface area contributed by atoms with E-state index in [1.807, 2.05) is 68.6 Å². The van der Waals surface area contributed by atoms with Crippen LogP contribution in [0.15, 0.2) is 144 Å². The number of hydrogen-bond acceptors (Lipinski definition) is 3. The number of rotatable bonds is 5. The second-order valence-corrected chi connectivity index (χ2v) is 19.2. The fourth-order valence-corrected chi connectivity index (χ4v) is 7.55. The Morgan fingerprint density at radius 1 is 0.769 bits per heavy atom. The molecular formula is C46H39IrN3OSi-2. The molecule has 6 heteroatoms. The van der Waals surface area contributed by atoms with E-state index in [-0.39, 0.29) is 20.1 Å². The molecule has 9 rings (SSSR count). The molecule has 259 valence electrons. The predicted octanol–water partition coefficient (Wildman–Crippen LogP) is 11.8.